The number of alkyl carbamates (subject to hydrolysis) is 1. The summed E-state index contributed by atoms with van der Waals surface area (Å²) in [6.45, 7) is 2.25. The van der Waals surface area contributed by atoms with E-state index >= 15 is 0 Å². The second kappa shape index (κ2) is 10.1. The lowest BCUT2D eigenvalue weighted by molar-refractivity contribution is 0.0650. The highest BCUT2D eigenvalue weighted by Gasteiger charge is 2.55. The Hall–Kier alpha value is -2.65. The van der Waals surface area contributed by atoms with Crippen molar-refractivity contribution in [1.29, 1.82) is 0 Å². The summed E-state index contributed by atoms with van der Waals surface area (Å²) >= 11 is 6.46. The molecule has 2 atom stereocenters. The van der Waals surface area contributed by atoms with E-state index in [0.29, 0.717) is 34.6 Å². The Morgan fingerprint density at radius 1 is 1.29 bits per heavy atom. The number of anilines is 2. The second-order valence-electron chi connectivity index (χ2n) is 9.85. The maximum atomic E-state index is 14.6. The molecule has 2 aliphatic carbocycles. The van der Waals surface area contributed by atoms with Gasteiger partial charge >= 0.3 is 6.09 Å². The minimum absolute atomic E-state index is 0.121. The van der Waals surface area contributed by atoms with Crippen LogP contribution in [-0.2, 0) is 9.47 Å². The number of ether oxygens (including phenoxy) is 2. The van der Waals surface area contributed by atoms with Crippen molar-refractivity contribution in [3.05, 3.63) is 35.2 Å². The van der Waals surface area contributed by atoms with Crippen LogP contribution in [0.2, 0.25) is 5.02 Å². The van der Waals surface area contributed by atoms with Gasteiger partial charge in [-0.3, -0.25) is 0 Å². The fourth-order valence-electron chi connectivity index (χ4n) is 5.29. The van der Waals surface area contributed by atoms with Crippen molar-refractivity contribution in [1.82, 2.24) is 15.3 Å². The van der Waals surface area contributed by atoms with E-state index in [1.165, 1.54) is 13.2 Å². The van der Waals surface area contributed by atoms with Gasteiger partial charge in [-0.05, 0) is 68.1 Å². The molecule has 8 nitrogen and oxygen atoms in total. The summed E-state index contributed by atoms with van der Waals surface area (Å²) < 4.78 is 24.8. The maximum absolute atomic E-state index is 14.6. The molecule has 0 spiro atoms. The highest BCUT2D eigenvalue weighted by molar-refractivity contribution is 6.33. The molecule has 3 aliphatic rings. The number of nitrogens with zero attached hydrogens (tertiary/aromatic N) is 2. The lowest BCUT2D eigenvalue weighted by Crippen LogP contribution is -2.40. The number of amides is 1. The van der Waals surface area contributed by atoms with Crippen molar-refractivity contribution in [2.24, 2.45) is 11.3 Å². The number of aromatic nitrogens is 2. The zero-order valence-electron chi connectivity index (χ0n) is 19.8. The highest BCUT2D eigenvalue weighted by Crippen LogP contribution is 2.57. The van der Waals surface area contributed by atoms with Crippen molar-refractivity contribution in [2.45, 2.75) is 50.6 Å². The molecule has 1 amide bonds. The molecule has 3 fully saturated rings. The number of hydrogen-bond donors (Lipinski definition) is 3. The molecule has 1 aliphatic heterocycles. The van der Waals surface area contributed by atoms with Gasteiger partial charge < -0.3 is 25.4 Å². The summed E-state index contributed by atoms with van der Waals surface area (Å²) in [7, 11) is 1.37. The number of rotatable bonds is 7. The molecule has 5 rings (SSSR count). The minimum atomic E-state index is -0.393. The van der Waals surface area contributed by atoms with Crippen LogP contribution in [0.5, 0.6) is 0 Å². The van der Waals surface area contributed by atoms with Crippen LogP contribution in [0.15, 0.2) is 24.4 Å². The van der Waals surface area contributed by atoms with Crippen LogP contribution < -0.4 is 16.0 Å². The average Bonchev–Trinajstić information content (AvgIpc) is 3.61. The number of pyridine rings is 2. The van der Waals surface area contributed by atoms with Gasteiger partial charge in [0.2, 0.25) is 0 Å². The molecule has 2 saturated carbocycles. The molecule has 2 aromatic heterocycles. The predicted molar refractivity (Wildman–Crippen MR) is 132 cm³/mol. The van der Waals surface area contributed by atoms with E-state index in [2.05, 4.69) is 30.7 Å². The van der Waals surface area contributed by atoms with Gasteiger partial charge in [0.25, 0.3) is 0 Å². The summed E-state index contributed by atoms with van der Waals surface area (Å²) in [5, 5.41) is 10.0. The van der Waals surface area contributed by atoms with Crippen LogP contribution in [0.3, 0.4) is 0 Å². The zero-order valence-corrected chi connectivity index (χ0v) is 20.5. The minimum Gasteiger partial charge on any atom is -0.453 e. The monoisotopic (exact) mass is 503 g/mol. The van der Waals surface area contributed by atoms with Crippen LogP contribution in [0.1, 0.15) is 38.5 Å². The topological polar surface area (TPSA) is 97.4 Å². The second-order valence-corrected chi connectivity index (χ2v) is 10.3. The van der Waals surface area contributed by atoms with Gasteiger partial charge in [-0.2, -0.15) is 0 Å². The third kappa shape index (κ3) is 5.46. The number of fused-ring (bicyclic) bond motifs is 1. The van der Waals surface area contributed by atoms with Crippen LogP contribution in [0, 0.1) is 17.2 Å². The SMILES string of the molecule is COC(=O)NC1CCC(Nc2cc(-c3ccc(F)c(NCC45CCOCC4C5)n3)c(Cl)cn2)CC1. The first-order valence-corrected chi connectivity index (χ1v) is 12.6. The molecule has 35 heavy (non-hydrogen) atoms. The Balaban J connectivity index is 1.24. The van der Waals surface area contributed by atoms with Gasteiger partial charge in [-0.1, -0.05) is 11.6 Å². The van der Waals surface area contributed by atoms with E-state index in [4.69, 9.17) is 16.3 Å². The summed E-state index contributed by atoms with van der Waals surface area (Å²) in [6.07, 6.45) is 6.82. The van der Waals surface area contributed by atoms with E-state index in [0.717, 1.165) is 51.7 Å². The lowest BCUT2D eigenvalue weighted by Gasteiger charge is -2.29. The van der Waals surface area contributed by atoms with E-state index < -0.39 is 6.09 Å². The number of nitrogens with one attached hydrogen (secondary N) is 3. The summed E-state index contributed by atoms with van der Waals surface area (Å²) in [6, 6.07) is 5.28. The maximum Gasteiger partial charge on any atom is 0.407 e. The molecule has 10 heteroatoms. The van der Waals surface area contributed by atoms with Crippen molar-refractivity contribution < 1.29 is 18.7 Å². The molecule has 0 radical (unpaired) electrons. The van der Waals surface area contributed by atoms with E-state index in [1.54, 1.807) is 12.3 Å². The van der Waals surface area contributed by atoms with E-state index in [1.807, 2.05) is 6.07 Å². The molecular weight excluding hydrogens is 473 g/mol. The molecular formula is C25H31ClFN5O3. The molecule has 3 N–H and O–H groups in total. The van der Waals surface area contributed by atoms with Gasteiger partial charge in [-0.25, -0.2) is 19.2 Å². The molecule has 188 valence electrons. The Morgan fingerprint density at radius 2 is 2.09 bits per heavy atom. The third-order valence-corrected chi connectivity index (χ3v) is 7.90. The average molecular weight is 504 g/mol. The van der Waals surface area contributed by atoms with Crippen LogP contribution >= 0.6 is 11.6 Å². The predicted octanol–water partition coefficient (Wildman–Crippen LogP) is 4.85. The number of halogens is 2. The molecule has 2 aromatic rings. The van der Waals surface area contributed by atoms with Gasteiger partial charge in [0.05, 0.1) is 17.8 Å². The molecule has 0 aromatic carbocycles. The van der Waals surface area contributed by atoms with E-state index in [9.17, 15) is 9.18 Å². The van der Waals surface area contributed by atoms with Crippen molar-refractivity contribution >= 4 is 29.3 Å². The Bertz CT molecular complexity index is 1080. The van der Waals surface area contributed by atoms with Gasteiger partial charge in [0.15, 0.2) is 11.6 Å². The molecule has 2 unspecified atom stereocenters. The summed E-state index contributed by atoms with van der Waals surface area (Å²) in [4.78, 5) is 20.4. The zero-order chi connectivity index (χ0) is 24.4. The first kappa shape index (κ1) is 24.1. The quantitative estimate of drug-likeness (QED) is 0.496. The smallest absolute Gasteiger partial charge is 0.407 e. The molecule has 3 heterocycles. The largest absolute Gasteiger partial charge is 0.453 e. The van der Waals surface area contributed by atoms with Crippen LogP contribution in [0.4, 0.5) is 20.8 Å². The highest BCUT2D eigenvalue weighted by atomic mass is 35.5. The number of methoxy groups -OCH3 is 1. The fraction of sp³-hybridized carbons (Fsp3) is 0.560. The van der Waals surface area contributed by atoms with Gasteiger partial charge in [0.1, 0.15) is 5.82 Å². The summed E-state index contributed by atoms with van der Waals surface area (Å²) in [5.74, 6) is 1.11. The molecule has 0 bridgehead atoms. The standard InChI is InChI=1S/C25H31ClFN5O3/c1-34-24(33)31-17-4-2-16(3-5-17)30-22-10-18(19(26)12-28-22)21-7-6-20(27)23(32-21)29-14-25-8-9-35-13-15(25)11-25/h6-7,10,12,15-17H,2-5,8-9,11,13-14H2,1H3,(H,28,30)(H,29,32)(H,31,33). The van der Waals surface area contributed by atoms with Crippen molar-refractivity contribution in [3.63, 3.8) is 0 Å². The van der Waals surface area contributed by atoms with Crippen molar-refractivity contribution in [2.75, 3.05) is 37.5 Å². The van der Waals surface area contributed by atoms with Gasteiger partial charge in [0, 0.05) is 43.6 Å². The van der Waals surface area contributed by atoms with Gasteiger partial charge in [-0.15, -0.1) is 0 Å². The Labute approximate surface area is 209 Å². The molecule has 1 saturated heterocycles. The van der Waals surface area contributed by atoms with E-state index in [-0.39, 0.29) is 29.1 Å². The van der Waals surface area contributed by atoms with Crippen molar-refractivity contribution in [3.8, 4) is 11.3 Å². The first-order chi connectivity index (χ1) is 17.0. The number of carbonyl (C=O) groups is 1. The first-order valence-electron chi connectivity index (χ1n) is 12.2. The summed E-state index contributed by atoms with van der Waals surface area (Å²) in [5.41, 5.74) is 1.49. The number of carbonyl (C=O) groups excluding carboxylic acids is 1. The lowest BCUT2D eigenvalue weighted by atomic mass is 9.91. The normalized spacial score (nSPS) is 27.5. The Morgan fingerprint density at radius 3 is 2.86 bits per heavy atom. The number of hydrogen-bond acceptors (Lipinski definition) is 7. The van der Waals surface area contributed by atoms with Crippen LogP contribution in [0.25, 0.3) is 11.3 Å². The fourth-order valence-corrected chi connectivity index (χ4v) is 5.49. The van der Waals surface area contributed by atoms with Crippen LogP contribution in [-0.4, -0.2) is 55.0 Å². The Kier molecular flexibility index (Phi) is 6.98. The third-order valence-electron chi connectivity index (χ3n) is 7.59.